The summed E-state index contributed by atoms with van der Waals surface area (Å²) in [7, 11) is 0. The number of rotatable bonds is 9. The highest BCUT2D eigenvalue weighted by Gasteiger charge is 2.31. The zero-order valence-corrected chi connectivity index (χ0v) is 13.5. The molecule has 0 nitrogen and oxygen atoms in total. The molecule has 0 aromatic carbocycles. The van der Waals surface area contributed by atoms with Crippen molar-refractivity contribution < 1.29 is 0 Å². The number of unbranched alkanes of at least 4 members (excludes halogenated alkanes) is 2. The van der Waals surface area contributed by atoms with Crippen LogP contribution in [0.2, 0.25) is 0 Å². The Morgan fingerprint density at radius 3 is 2.22 bits per heavy atom. The highest BCUT2D eigenvalue weighted by molar-refractivity contribution is 4.82. The van der Waals surface area contributed by atoms with Gasteiger partial charge in [-0.05, 0) is 48.9 Å². The minimum absolute atomic E-state index is 0.932. The van der Waals surface area contributed by atoms with Gasteiger partial charge in [0.1, 0.15) is 0 Å². The summed E-state index contributed by atoms with van der Waals surface area (Å²) in [5.41, 5.74) is 0. The van der Waals surface area contributed by atoms with E-state index >= 15 is 0 Å². The SMILES string of the molecule is CCCCCC(CC(C)C1CC(C)C1)C(C)CC. The van der Waals surface area contributed by atoms with Crippen molar-refractivity contribution in [2.24, 2.45) is 29.6 Å². The Bertz CT molecular complexity index is 202. The molecule has 0 N–H and O–H groups in total. The van der Waals surface area contributed by atoms with Gasteiger partial charge < -0.3 is 0 Å². The van der Waals surface area contributed by atoms with Crippen molar-refractivity contribution in [3.8, 4) is 0 Å². The molecule has 1 aliphatic carbocycles. The predicted octanol–water partition coefficient (Wildman–Crippen LogP) is 6.30. The molecule has 108 valence electrons. The molecule has 0 amide bonds. The van der Waals surface area contributed by atoms with E-state index in [9.17, 15) is 0 Å². The lowest BCUT2D eigenvalue weighted by atomic mass is 9.66. The second-order valence-electron chi connectivity index (χ2n) is 7.19. The van der Waals surface area contributed by atoms with Crippen LogP contribution in [0.25, 0.3) is 0 Å². The second kappa shape index (κ2) is 8.23. The number of hydrogen-bond acceptors (Lipinski definition) is 0. The fourth-order valence-electron chi connectivity index (χ4n) is 3.72. The average Bonchev–Trinajstić information content (AvgIpc) is 2.32. The molecule has 18 heavy (non-hydrogen) atoms. The summed E-state index contributed by atoms with van der Waals surface area (Å²) in [6.45, 7) is 12.1. The molecule has 0 aliphatic heterocycles. The minimum atomic E-state index is 0.932. The first kappa shape index (κ1) is 16.1. The lowest BCUT2D eigenvalue weighted by Gasteiger charge is -2.39. The summed E-state index contributed by atoms with van der Waals surface area (Å²) in [5, 5.41) is 0. The fraction of sp³-hybridized carbons (Fsp3) is 1.00. The predicted molar refractivity (Wildman–Crippen MR) is 82.8 cm³/mol. The second-order valence-corrected chi connectivity index (χ2v) is 7.19. The van der Waals surface area contributed by atoms with Crippen molar-refractivity contribution in [3.63, 3.8) is 0 Å². The van der Waals surface area contributed by atoms with Gasteiger partial charge in [0.2, 0.25) is 0 Å². The first-order valence-corrected chi connectivity index (χ1v) is 8.58. The topological polar surface area (TPSA) is 0 Å². The van der Waals surface area contributed by atoms with Crippen molar-refractivity contribution in [1.29, 1.82) is 0 Å². The highest BCUT2D eigenvalue weighted by Crippen LogP contribution is 2.42. The summed E-state index contributed by atoms with van der Waals surface area (Å²) in [5.74, 6) is 4.97. The minimum Gasteiger partial charge on any atom is -0.0654 e. The summed E-state index contributed by atoms with van der Waals surface area (Å²) in [6.07, 6.45) is 11.6. The van der Waals surface area contributed by atoms with Gasteiger partial charge in [-0.1, -0.05) is 66.7 Å². The third-order valence-electron chi connectivity index (χ3n) is 5.52. The van der Waals surface area contributed by atoms with Crippen LogP contribution in [-0.2, 0) is 0 Å². The molecule has 3 unspecified atom stereocenters. The van der Waals surface area contributed by atoms with Crippen molar-refractivity contribution in [3.05, 3.63) is 0 Å². The third-order valence-corrected chi connectivity index (χ3v) is 5.52. The van der Waals surface area contributed by atoms with E-state index in [0.717, 1.165) is 29.6 Å². The molecule has 0 radical (unpaired) electrons. The molecule has 0 aromatic rings. The van der Waals surface area contributed by atoms with Gasteiger partial charge in [-0.15, -0.1) is 0 Å². The van der Waals surface area contributed by atoms with Gasteiger partial charge in [0, 0.05) is 0 Å². The molecular formula is C18H36. The van der Waals surface area contributed by atoms with Gasteiger partial charge >= 0.3 is 0 Å². The smallest absolute Gasteiger partial charge is 0.0383 e. The zero-order chi connectivity index (χ0) is 13.5. The molecule has 0 heterocycles. The van der Waals surface area contributed by atoms with E-state index in [2.05, 4.69) is 34.6 Å². The summed E-state index contributed by atoms with van der Waals surface area (Å²) >= 11 is 0. The molecule has 0 bridgehead atoms. The van der Waals surface area contributed by atoms with Gasteiger partial charge in [-0.2, -0.15) is 0 Å². The van der Waals surface area contributed by atoms with Crippen LogP contribution < -0.4 is 0 Å². The normalized spacial score (nSPS) is 28.5. The first-order valence-electron chi connectivity index (χ1n) is 8.58. The van der Waals surface area contributed by atoms with Crippen LogP contribution >= 0.6 is 0 Å². The quantitative estimate of drug-likeness (QED) is 0.422. The van der Waals surface area contributed by atoms with E-state index in [1.807, 2.05) is 0 Å². The van der Waals surface area contributed by atoms with Crippen molar-refractivity contribution in [1.82, 2.24) is 0 Å². The summed E-state index contributed by atoms with van der Waals surface area (Å²) in [6, 6.07) is 0. The standard InChI is InChI=1S/C18H36/c1-6-8-9-10-17(15(4)7-2)13-16(5)18-11-14(3)12-18/h14-18H,6-13H2,1-5H3. The molecule has 1 aliphatic rings. The molecule has 3 atom stereocenters. The number of hydrogen-bond donors (Lipinski definition) is 0. The molecule has 0 spiro atoms. The van der Waals surface area contributed by atoms with Crippen molar-refractivity contribution in [2.75, 3.05) is 0 Å². The maximum atomic E-state index is 2.52. The first-order chi connectivity index (χ1) is 8.58. The van der Waals surface area contributed by atoms with Crippen LogP contribution in [0.1, 0.15) is 86.0 Å². The van der Waals surface area contributed by atoms with Crippen LogP contribution in [0.5, 0.6) is 0 Å². The Kier molecular flexibility index (Phi) is 7.34. The molecular weight excluding hydrogens is 216 g/mol. The van der Waals surface area contributed by atoms with Gasteiger partial charge in [0.05, 0.1) is 0 Å². The molecule has 1 fully saturated rings. The Hall–Kier alpha value is 0. The van der Waals surface area contributed by atoms with E-state index in [1.54, 1.807) is 0 Å². The largest absolute Gasteiger partial charge is 0.0654 e. The maximum Gasteiger partial charge on any atom is -0.0383 e. The van der Waals surface area contributed by atoms with E-state index < -0.39 is 0 Å². The Morgan fingerprint density at radius 1 is 1.06 bits per heavy atom. The van der Waals surface area contributed by atoms with E-state index in [4.69, 9.17) is 0 Å². The van der Waals surface area contributed by atoms with Crippen LogP contribution in [0, 0.1) is 29.6 Å². The van der Waals surface area contributed by atoms with Gasteiger partial charge in [-0.3, -0.25) is 0 Å². The maximum absolute atomic E-state index is 2.52. The van der Waals surface area contributed by atoms with Crippen LogP contribution in [0.15, 0.2) is 0 Å². The van der Waals surface area contributed by atoms with E-state index in [0.29, 0.717) is 0 Å². The molecule has 0 saturated heterocycles. The van der Waals surface area contributed by atoms with E-state index in [-0.39, 0.29) is 0 Å². The summed E-state index contributed by atoms with van der Waals surface area (Å²) in [4.78, 5) is 0. The van der Waals surface area contributed by atoms with Crippen LogP contribution in [-0.4, -0.2) is 0 Å². The molecule has 1 saturated carbocycles. The van der Waals surface area contributed by atoms with Gasteiger partial charge in [-0.25, -0.2) is 0 Å². The molecule has 0 heteroatoms. The lowest BCUT2D eigenvalue weighted by Crippen LogP contribution is -2.29. The molecule has 1 rings (SSSR count). The third kappa shape index (κ3) is 4.94. The fourth-order valence-corrected chi connectivity index (χ4v) is 3.72. The van der Waals surface area contributed by atoms with Crippen LogP contribution in [0.4, 0.5) is 0 Å². The molecule has 0 aromatic heterocycles. The average molecular weight is 252 g/mol. The Labute approximate surface area is 116 Å². The van der Waals surface area contributed by atoms with Gasteiger partial charge in [0.25, 0.3) is 0 Å². The van der Waals surface area contributed by atoms with Crippen molar-refractivity contribution in [2.45, 2.75) is 86.0 Å². The van der Waals surface area contributed by atoms with Gasteiger partial charge in [0.15, 0.2) is 0 Å². The zero-order valence-electron chi connectivity index (χ0n) is 13.5. The van der Waals surface area contributed by atoms with Crippen LogP contribution in [0.3, 0.4) is 0 Å². The highest BCUT2D eigenvalue weighted by atomic mass is 14.4. The van der Waals surface area contributed by atoms with E-state index in [1.165, 1.54) is 51.4 Å². The summed E-state index contributed by atoms with van der Waals surface area (Å²) < 4.78 is 0. The Balaban J connectivity index is 2.34. The monoisotopic (exact) mass is 252 g/mol. The lowest BCUT2D eigenvalue weighted by molar-refractivity contribution is 0.114. The van der Waals surface area contributed by atoms with Crippen molar-refractivity contribution >= 4 is 0 Å². The Morgan fingerprint density at radius 2 is 1.72 bits per heavy atom.